The number of oxazole rings is 1. The normalized spacial score (nSPS) is 10.8. The van der Waals surface area contributed by atoms with Crippen LogP contribution in [0.5, 0.6) is 0 Å². The van der Waals surface area contributed by atoms with E-state index >= 15 is 0 Å². The van der Waals surface area contributed by atoms with Crippen molar-refractivity contribution in [1.82, 2.24) is 14.8 Å². The Bertz CT molecular complexity index is 1020. The van der Waals surface area contributed by atoms with Gasteiger partial charge in [0.05, 0.1) is 17.6 Å². The van der Waals surface area contributed by atoms with Gasteiger partial charge in [0.2, 0.25) is 5.89 Å². The van der Waals surface area contributed by atoms with E-state index in [0.717, 1.165) is 10.4 Å². The van der Waals surface area contributed by atoms with E-state index in [1.807, 2.05) is 47.8 Å². The number of nitrogens with one attached hydrogen (secondary N) is 1. The van der Waals surface area contributed by atoms with Gasteiger partial charge in [0.15, 0.2) is 5.69 Å². The van der Waals surface area contributed by atoms with Gasteiger partial charge in [0, 0.05) is 6.07 Å². The van der Waals surface area contributed by atoms with E-state index in [1.54, 1.807) is 23.9 Å². The van der Waals surface area contributed by atoms with E-state index in [1.165, 1.54) is 11.3 Å². The van der Waals surface area contributed by atoms with Crippen LogP contribution in [0.3, 0.4) is 0 Å². The largest absolute Gasteiger partial charge is 0.440 e. The highest BCUT2D eigenvalue weighted by Crippen LogP contribution is 2.26. The maximum Gasteiger partial charge on any atom is 0.279 e. The zero-order valence-electron chi connectivity index (χ0n) is 14.0. The molecule has 4 aromatic rings. The molecular weight excluding hydrogens is 348 g/mol. The van der Waals surface area contributed by atoms with Crippen molar-refractivity contribution >= 4 is 23.1 Å². The summed E-state index contributed by atoms with van der Waals surface area (Å²) in [5.41, 5.74) is 1.38. The Labute approximate surface area is 154 Å². The molecule has 0 saturated heterocycles. The lowest BCUT2D eigenvalue weighted by molar-refractivity contribution is 0.102. The molecule has 0 saturated carbocycles. The Morgan fingerprint density at radius 3 is 2.81 bits per heavy atom. The van der Waals surface area contributed by atoms with Crippen LogP contribution in [0.1, 0.15) is 21.8 Å². The molecule has 0 fully saturated rings. The zero-order valence-corrected chi connectivity index (χ0v) is 14.9. The fraction of sp³-hybridized carbons (Fsp3) is 0.105. The van der Waals surface area contributed by atoms with Crippen LogP contribution in [0.25, 0.3) is 10.8 Å². The minimum absolute atomic E-state index is 0.279. The number of nitrogens with zero attached hydrogens (tertiary/aromatic N) is 3. The molecule has 0 aliphatic rings. The number of carbonyl (C=O) groups is 1. The van der Waals surface area contributed by atoms with E-state index < -0.39 is 0 Å². The van der Waals surface area contributed by atoms with Crippen LogP contribution in [-0.4, -0.2) is 20.7 Å². The van der Waals surface area contributed by atoms with Crippen molar-refractivity contribution in [2.24, 2.45) is 0 Å². The Morgan fingerprint density at radius 2 is 2.04 bits per heavy atom. The minimum Gasteiger partial charge on any atom is -0.440 e. The second-order valence-electron chi connectivity index (χ2n) is 5.71. The summed E-state index contributed by atoms with van der Waals surface area (Å²) in [6.45, 7) is 2.31. The highest BCUT2D eigenvalue weighted by molar-refractivity contribution is 7.13. The first-order chi connectivity index (χ1) is 12.7. The summed E-state index contributed by atoms with van der Waals surface area (Å²) in [6.07, 6.45) is 1.66. The molecule has 0 bridgehead atoms. The molecule has 0 radical (unpaired) electrons. The van der Waals surface area contributed by atoms with E-state index in [-0.39, 0.29) is 11.6 Å². The molecular formula is C19H16N4O2S. The van der Waals surface area contributed by atoms with Gasteiger partial charge in [-0.05, 0) is 23.9 Å². The van der Waals surface area contributed by atoms with Gasteiger partial charge in [-0.2, -0.15) is 5.10 Å². The molecule has 7 heteroatoms. The molecule has 0 atom stereocenters. The summed E-state index contributed by atoms with van der Waals surface area (Å²) in [5.74, 6) is 1.24. The zero-order chi connectivity index (χ0) is 17.9. The average molecular weight is 364 g/mol. The van der Waals surface area contributed by atoms with Gasteiger partial charge in [-0.1, -0.05) is 36.4 Å². The molecule has 3 aromatic heterocycles. The Kier molecular flexibility index (Phi) is 4.37. The Hall–Kier alpha value is -3.19. The smallest absolute Gasteiger partial charge is 0.279 e. The van der Waals surface area contributed by atoms with Crippen molar-refractivity contribution in [1.29, 1.82) is 0 Å². The quantitative estimate of drug-likeness (QED) is 0.576. The van der Waals surface area contributed by atoms with Gasteiger partial charge in [0.25, 0.3) is 5.91 Å². The lowest BCUT2D eigenvalue weighted by Crippen LogP contribution is -2.17. The van der Waals surface area contributed by atoms with Crippen LogP contribution < -0.4 is 5.32 Å². The number of benzene rings is 1. The lowest BCUT2D eigenvalue weighted by Gasteiger charge is -2.08. The Morgan fingerprint density at radius 1 is 1.19 bits per heavy atom. The third-order valence-electron chi connectivity index (χ3n) is 3.88. The fourth-order valence-corrected chi connectivity index (χ4v) is 3.26. The van der Waals surface area contributed by atoms with Gasteiger partial charge in [-0.3, -0.25) is 4.79 Å². The SMILES string of the molecule is Cc1oc(-c2cccs2)nc1C(=O)Nc1ccnn1Cc1ccccc1. The van der Waals surface area contributed by atoms with E-state index in [2.05, 4.69) is 15.4 Å². The van der Waals surface area contributed by atoms with E-state index in [9.17, 15) is 4.79 Å². The first-order valence-corrected chi connectivity index (χ1v) is 8.97. The molecule has 26 heavy (non-hydrogen) atoms. The average Bonchev–Trinajstić information content (AvgIpc) is 3.37. The third kappa shape index (κ3) is 3.29. The molecule has 1 aromatic carbocycles. The van der Waals surface area contributed by atoms with Crippen LogP contribution in [-0.2, 0) is 6.54 Å². The van der Waals surface area contributed by atoms with Gasteiger partial charge in [-0.25, -0.2) is 9.67 Å². The molecule has 4 rings (SSSR count). The number of aromatic nitrogens is 3. The molecule has 130 valence electrons. The van der Waals surface area contributed by atoms with Crippen molar-refractivity contribution in [3.63, 3.8) is 0 Å². The van der Waals surface area contributed by atoms with Gasteiger partial charge in [0.1, 0.15) is 11.6 Å². The molecule has 0 spiro atoms. The molecule has 3 heterocycles. The second-order valence-corrected chi connectivity index (χ2v) is 6.66. The van der Waals surface area contributed by atoms with Crippen LogP contribution >= 0.6 is 11.3 Å². The van der Waals surface area contributed by atoms with Crippen molar-refractivity contribution in [2.75, 3.05) is 5.32 Å². The Balaban J connectivity index is 1.54. The summed E-state index contributed by atoms with van der Waals surface area (Å²) >= 11 is 1.52. The summed E-state index contributed by atoms with van der Waals surface area (Å²) in [7, 11) is 0. The molecule has 6 nitrogen and oxygen atoms in total. The maximum atomic E-state index is 12.6. The van der Waals surface area contributed by atoms with E-state index in [0.29, 0.717) is 24.0 Å². The summed E-state index contributed by atoms with van der Waals surface area (Å²) in [4.78, 5) is 17.9. The van der Waals surface area contributed by atoms with Crippen molar-refractivity contribution in [3.05, 3.63) is 77.1 Å². The number of carbonyl (C=O) groups excluding carboxylic acids is 1. The summed E-state index contributed by atoms with van der Waals surface area (Å²) < 4.78 is 7.38. The topological polar surface area (TPSA) is 73.0 Å². The van der Waals surface area contributed by atoms with Crippen LogP contribution in [0.15, 0.2) is 64.5 Å². The van der Waals surface area contributed by atoms with Gasteiger partial charge >= 0.3 is 0 Å². The number of hydrogen-bond donors (Lipinski definition) is 1. The molecule has 0 unspecified atom stereocenters. The van der Waals surface area contributed by atoms with Crippen LogP contribution in [0.2, 0.25) is 0 Å². The van der Waals surface area contributed by atoms with E-state index in [4.69, 9.17) is 4.42 Å². The highest BCUT2D eigenvalue weighted by Gasteiger charge is 2.19. The van der Waals surface area contributed by atoms with Crippen molar-refractivity contribution < 1.29 is 9.21 Å². The fourth-order valence-electron chi connectivity index (χ4n) is 2.61. The minimum atomic E-state index is -0.316. The first kappa shape index (κ1) is 16.3. The summed E-state index contributed by atoms with van der Waals surface area (Å²) in [5, 5.41) is 9.10. The maximum absolute atomic E-state index is 12.6. The monoisotopic (exact) mass is 364 g/mol. The van der Waals surface area contributed by atoms with Crippen molar-refractivity contribution in [3.8, 4) is 10.8 Å². The number of thiophene rings is 1. The third-order valence-corrected chi connectivity index (χ3v) is 4.73. The van der Waals surface area contributed by atoms with Crippen LogP contribution in [0, 0.1) is 6.92 Å². The first-order valence-electron chi connectivity index (χ1n) is 8.09. The number of aryl methyl sites for hydroxylation is 1. The molecule has 1 N–H and O–H groups in total. The standard InChI is InChI=1S/C19H16N4O2S/c1-13-17(22-19(25-13)15-8-5-11-26-15)18(24)21-16-9-10-20-23(16)12-14-6-3-2-4-7-14/h2-11H,12H2,1H3,(H,21,24). The number of hydrogen-bond acceptors (Lipinski definition) is 5. The second kappa shape index (κ2) is 6.97. The highest BCUT2D eigenvalue weighted by atomic mass is 32.1. The molecule has 0 aliphatic carbocycles. The number of anilines is 1. The molecule has 1 amide bonds. The van der Waals surface area contributed by atoms with Crippen LogP contribution in [0.4, 0.5) is 5.82 Å². The predicted octanol–water partition coefficient (Wildman–Crippen LogP) is 4.21. The van der Waals surface area contributed by atoms with Gasteiger partial charge in [-0.15, -0.1) is 11.3 Å². The van der Waals surface area contributed by atoms with Gasteiger partial charge < -0.3 is 9.73 Å². The number of amides is 1. The predicted molar refractivity (Wildman–Crippen MR) is 100 cm³/mol. The molecule has 0 aliphatic heterocycles. The number of rotatable bonds is 5. The van der Waals surface area contributed by atoms with Crippen molar-refractivity contribution in [2.45, 2.75) is 13.5 Å². The lowest BCUT2D eigenvalue weighted by atomic mass is 10.2. The summed E-state index contributed by atoms with van der Waals surface area (Å²) in [6, 6.07) is 15.5.